The van der Waals surface area contributed by atoms with E-state index in [9.17, 15) is 4.79 Å². The minimum absolute atomic E-state index is 0.0500. The van der Waals surface area contributed by atoms with E-state index >= 15 is 0 Å². The predicted octanol–water partition coefficient (Wildman–Crippen LogP) is 1.87. The maximum atomic E-state index is 12.1. The molecule has 0 saturated carbocycles. The van der Waals surface area contributed by atoms with Gasteiger partial charge >= 0.3 is 0 Å². The van der Waals surface area contributed by atoms with Crippen molar-refractivity contribution in [3.05, 3.63) is 46.7 Å². The second-order valence-corrected chi connectivity index (χ2v) is 5.96. The largest absolute Gasteiger partial charge is 0.394 e. The fraction of sp³-hybridized carbons (Fsp3) is 0.375. The number of nitrogens with zero attached hydrogens (tertiary/aromatic N) is 3. The molecule has 2 heterocycles. The van der Waals surface area contributed by atoms with Crippen LogP contribution in [-0.4, -0.2) is 38.8 Å². The molecule has 0 radical (unpaired) electrons. The number of aliphatic hydroxyl groups excluding tert-OH is 1. The first-order chi connectivity index (χ1) is 11.2. The Morgan fingerprint density at radius 3 is 2.91 bits per heavy atom. The number of hydrogen-bond donors (Lipinski definition) is 2. The minimum atomic E-state index is -0.0500. The van der Waals surface area contributed by atoms with Gasteiger partial charge in [-0.05, 0) is 12.1 Å². The average Bonchev–Trinajstić information content (AvgIpc) is 3.09. The molecule has 0 bridgehead atoms. The minimum Gasteiger partial charge on any atom is -0.394 e. The number of carbonyl (C=O) groups is 1. The highest BCUT2D eigenvalue weighted by Crippen LogP contribution is 2.23. The molecule has 3 rings (SSSR count). The maximum Gasteiger partial charge on any atom is 0.225 e. The molecule has 0 fully saturated rings. The number of benzene rings is 1. The smallest absolute Gasteiger partial charge is 0.225 e. The Kier molecular flexibility index (Phi) is 4.95. The molecule has 1 aliphatic rings. The quantitative estimate of drug-likeness (QED) is 0.846. The van der Waals surface area contributed by atoms with Gasteiger partial charge in [0, 0.05) is 31.6 Å². The SMILES string of the molecule is O=C(CCN1Cc2cnn(CCO)c2C1)Nc1ccccc1Cl. The molecule has 0 aliphatic carbocycles. The van der Waals surface area contributed by atoms with E-state index in [0.29, 0.717) is 30.2 Å². The second-order valence-electron chi connectivity index (χ2n) is 5.55. The van der Waals surface area contributed by atoms with Crippen LogP contribution in [0.2, 0.25) is 5.02 Å². The number of anilines is 1. The number of fused-ring (bicyclic) bond motifs is 1. The zero-order chi connectivity index (χ0) is 16.2. The maximum absolute atomic E-state index is 12.1. The molecule has 0 saturated heterocycles. The van der Waals surface area contributed by atoms with Gasteiger partial charge in [-0.15, -0.1) is 0 Å². The summed E-state index contributed by atoms with van der Waals surface area (Å²) in [5, 5.41) is 16.7. The first-order valence-corrected chi connectivity index (χ1v) is 7.96. The molecule has 0 unspecified atom stereocenters. The average molecular weight is 335 g/mol. The van der Waals surface area contributed by atoms with Crippen molar-refractivity contribution in [2.75, 3.05) is 18.5 Å². The number of nitrogens with one attached hydrogen (secondary N) is 1. The van der Waals surface area contributed by atoms with Crippen LogP contribution in [0, 0.1) is 0 Å². The molecule has 2 aromatic rings. The van der Waals surface area contributed by atoms with Crippen molar-refractivity contribution in [2.45, 2.75) is 26.1 Å². The molecular weight excluding hydrogens is 316 g/mol. The summed E-state index contributed by atoms with van der Waals surface area (Å²) < 4.78 is 1.83. The van der Waals surface area contributed by atoms with Crippen molar-refractivity contribution >= 4 is 23.2 Å². The number of amides is 1. The van der Waals surface area contributed by atoms with Crippen molar-refractivity contribution in [1.29, 1.82) is 0 Å². The van der Waals surface area contributed by atoms with Crippen molar-refractivity contribution in [2.24, 2.45) is 0 Å². The van der Waals surface area contributed by atoms with Crippen LogP contribution in [0.4, 0.5) is 5.69 Å². The van der Waals surface area contributed by atoms with Gasteiger partial charge in [-0.3, -0.25) is 14.4 Å². The van der Waals surface area contributed by atoms with Crippen molar-refractivity contribution in [1.82, 2.24) is 14.7 Å². The van der Waals surface area contributed by atoms with Crippen molar-refractivity contribution in [3.63, 3.8) is 0 Å². The molecule has 1 aliphatic heterocycles. The van der Waals surface area contributed by atoms with E-state index < -0.39 is 0 Å². The highest BCUT2D eigenvalue weighted by Gasteiger charge is 2.23. The first-order valence-electron chi connectivity index (χ1n) is 7.58. The van der Waals surface area contributed by atoms with Gasteiger partial charge < -0.3 is 10.4 Å². The lowest BCUT2D eigenvalue weighted by molar-refractivity contribution is -0.116. The number of halogens is 1. The number of carbonyl (C=O) groups excluding carboxylic acids is 1. The van der Waals surface area contributed by atoms with E-state index in [0.717, 1.165) is 18.8 Å². The molecule has 0 atom stereocenters. The van der Waals surface area contributed by atoms with Crippen LogP contribution in [0.3, 0.4) is 0 Å². The Morgan fingerprint density at radius 1 is 1.30 bits per heavy atom. The third-order valence-corrected chi connectivity index (χ3v) is 4.25. The van der Waals surface area contributed by atoms with Crippen molar-refractivity contribution < 1.29 is 9.90 Å². The van der Waals surface area contributed by atoms with Crippen LogP contribution < -0.4 is 5.32 Å². The predicted molar refractivity (Wildman–Crippen MR) is 88.1 cm³/mol. The van der Waals surface area contributed by atoms with Crippen LogP contribution in [0.15, 0.2) is 30.5 Å². The van der Waals surface area contributed by atoms with Gasteiger partial charge in [0.1, 0.15) is 0 Å². The highest BCUT2D eigenvalue weighted by atomic mass is 35.5. The normalized spacial score (nSPS) is 14.0. The monoisotopic (exact) mass is 334 g/mol. The third-order valence-electron chi connectivity index (χ3n) is 3.92. The Labute approximate surface area is 139 Å². The fourth-order valence-electron chi connectivity index (χ4n) is 2.75. The van der Waals surface area contributed by atoms with Gasteiger partial charge in [0.05, 0.1) is 35.8 Å². The summed E-state index contributed by atoms with van der Waals surface area (Å²) in [6.45, 7) is 2.81. The van der Waals surface area contributed by atoms with Gasteiger partial charge in [0.2, 0.25) is 5.91 Å². The summed E-state index contributed by atoms with van der Waals surface area (Å²) in [6, 6.07) is 7.21. The highest BCUT2D eigenvalue weighted by molar-refractivity contribution is 6.33. The molecule has 7 heteroatoms. The first kappa shape index (κ1) is 16.0. The van der Waals surface area contributed by atoms with E-state index in [1.165, 1.54) is 5.56 Å². The summed E-state index contributed by atoms with van der Waals surface area (Å²) in [7, 11) is 0. The lowest BCUT2D eigenvalue weighted by Gasteiger charge is -2.15. The van der Waals surface area contributed by atoms with Gasteiger partial charge in [0.15, 0.2) is 0 Å². The van der Waals surface area contributed by atoms with Crippen LogP contribution in [0.1, 0.15) is 17.7 Å². The van der Waals surface area contributed by atoms with Crippen LogP contribution in [0.25, 0.3) is 0 Å². The Morgan fingerprint density at radius 2 is 2.13 bits per heavy atom. The van der Waals surface area contributed by atoms with Crippen molar-refractivity contribution in [3.8, 4) is 0 Å². The van der Waals surface area contributed by atoms with Crippen LogP contribution >= 0.6 is 11.6 Å². The standard InChI is InChI=1S/C16H19ClN4O2/c17-13-3-1-2-4-14(13)19-16(23)5-6-20-10-12-9-18-21(7-8-22)15(12)11-20/h1-4,9,22H,5-8,10-11H2,(H,19,23). The van der Waals surface area contributed by atoms with Gasteiger partial charge in [-0.1, -0.05) is 23.7 Å². The number of hydrogen-bond acceptors (Lipinski definition) is 4. The van der Waals surface area contributed by atoms with E-state index in [4.69, 9.17) is 16.7 Å². The third kappa shape index (κ3) is 3.72. The Balaban J connectivity index is 1.50. The molecule has 122 valence electrons. The summed E-state index contributed by atoms with van der Waals surface area (Å²) in [4.78, 5) is 14.3. The summed E-state index contributed by atoms with van der Waals surface area (Å²) in [5.74, 6) is -0.0500. The summed E-state index contributed by atoms with van der Waals surface area (Å²) in [5.41, 5.74) is 2.94. The zero-order valence-electron chi connectivity index (χ0n) is 12.7. The van der Waals surface area contributed by atoms with Gasteiger partial charge in [-0.25, -0.2) is 0 Å². The molecule has 23 heavy (non-hydrogen) atoms. The number of rotatable bonds is 6. The Bertz CT molecular complexity index is 701. The molecule has 1 aromatic heterocycles. The van der Waals surface area contributed by atoms with E-state index in [2.05, 4.69) is 15.3 Å². The van der Waals surface area contributed by atoms with Gasteiger partial charge in [-0.2, -0.15) is 5.10 Å². The number of para-hydroxylation sites is 1. The molecule has 1 aromatic carbocycles. The van der Waals surface area contributed by atoms with E-state index in [-0.39, 0.29) is 12.5 Å². The molecule has 0 spiro atoms. The zero-order valence-corrected chi connectivity index (χ0v) is 13.5. The molecule has 2 N–H and O–H groups in total. The fourth-order valence-corrected chi connectivity index (χ4v) is 2.94. The lowest BCUT2D eigenvalue weighted by Crippen LogP contribution is -2.24. The summed E-state index contributed by atoms with van der Waals surface area (Å²) >= 11 is 6.03. The molecule has 1 amide bonds. The summed E-state index contributed by atoms with van der Waals surface area (Å²) in [6.07, 6.45) is 2.25. The Hall–Kier alpha value is -1.89. The van der Waals surface area contributed by atoms with Crippen LogP contribution in [0.5, 0.6) is 0 Å². The van der Waals surface area contributed by atoms with Crippen LogP contribution in [-0.2, 0) is 24.4 Å². The topological polar surface area (TPSA) is 70.4 Å². The van der Waals surface area contributed by atoms with E-state index in [1.54, 1.807) is 12.1 Å². The molecule has 6 nitrogen and oxygen atoms in total. The second kappa shape index (κ2) is 7.12. The van der Waals surface area contributed by atoms with Gasteiger partial charge in [0.25, 0.3) is 0 Å². The number of aliphatic hydroxyl groups is 1. The molecular formula is C16H19ClN4O2. The number of aromatic nitrogens is 2. The van der Waals surface area contributed by atoms with E-state index in [1.807, 2.05) is 23.0 Å². The lowest BCUT2D eigenvalue weighted by atomic mass is 10.3.